The summed E-state index contributed by atoms with van der Waals surface area (Å²) < 4.78 is 1.65. The van der Waals surface area contributed by atoms with Crippen molar-refractivity contribution < 1.29 is 4.79 Å². The molecule has 0 radical (unpaired) electrons. The second kappa shape index (κ2) is 7.31. The lowest BCUT2D eigenvalue weighted by molar-refractivity contribution is -0.113. The zero-order valence-electron chi connectivity index (χ0n) is 15.2. The van der Waals surface area contributed by atoms with Crippen LogP contribution in [0.4, 0.5) is 5.69 Å². The summed E-state index contributed by atoms with van der Waals surface area (Å²) in [5.41, 5.74) is 4.65. The highest BCUT2D eigenvalue weighted by molar-refractivity contribution is 7.99. The Hall–Kier alpha value is -3.40. The van der Waals surface area contributed by atoms with E-state index in [1.807, 2.05) is 32.0 Å². The number of para-hydroxylation sites is 1. The van der Waals surface area contributed by atoms with E-state index in [0.717, 1.165) is 16.8 Å². The summed E-state index contributed by atoms with van der Waals surface area (Å²) >= 11 is 1.25. The maximum atomic E-state index is 12.3. The predicted octanol–water partition coefficient (Wildman–Crippen LogP) is 2.18. The van der Waals surface area contributed by atoms with Crippen LogP contribution in [0.3, 0.4) is 0 Å². The fraction of sp³-hybridized carbons (Fsp3) is 0.167. The molecule has 2 aromatic carbocycles. The van der Waals surface area contributed by atoms with Gasteiger partial charge >= 0.3 is 5.69 Å². The molecule has 0 aliphatic carbocycles. The topological polar surface area (TPSA) is 121 Å². The van der Waals surface area contributed by atoms with E-state index in [0.29, 0.717) is 21.9 Å². The third-order valence-electron chi connectivity index (χ3n) is 4.22. The highest BCUT2D eigenvalue weighted by Crippen LogP contribution is 2.23. The number of H-pyrrole nitrogens is 2. The van der Waals surface area contributed by atoms with Gasteiger partial charge in [0.05, 0.1) is 22.5 Å². The standard InChI is InChI=1S/C18H17N7O2S/c1-10-4-3-5-11(2)16(10)25-18(22-23-24-25)28-9-15(26)19-12-6-7-13-14(8-12)21-17(27)20-13/h3-8H,9H2,1-2H3,(H,19,26)(H2,20,21,27). The average molecular weight is 395 g/mol. The van der Waals surface area contributed by atoms with Crippen LogP contribution < -0.4 is 11.0 Å². The quantitative estimate of drug-likeness (QED) is 0.445. The van der Waals surface area contributed by atoms with Crippen molar-refractivity contribution in [2.24, 2.45) is 0 Å². The summed E-state index contributed by atoms with van der Waals surface area (Å²) in [6, 6.07) is 11.1. The molecule has 1 amide bonds. The van der Waals surface area contributed by atoms with Crippen molar-refractivity contribution in [3.63, 3.8) is 0 Å². The summed E-state index contributed by atoms with van der Waals surface area (Å²) in [6.07, 6.45) is 0. The van der Waals surface area contributed by atoms with E-state index in [2.05, 4.69) is 30.8 Å². The first-order chi connectivity index (χ1) is 13.5. The molecule has 2 heterocycles. The third kappa shape index (κ3) is 3.54. The molecule has 0 spiro atoms. The SMILES string of the molecule is Cc1cccc(C)c1-n1nnnc1SCC(=O)Nc1ccc2[nH]c(=O)[nH]c2c1. The number of fused-ring (bicyclic) bond motifs is 1. The van der Waals surface area contributed by atoms with E-state index in [-0.39, 0.29) is 17.3 Å². The molecular weight excluding hydrogens is 378 g/mol. The summed E-state index contributed by atoms with van der Waals surface area (Å²) in [7, 11) is 0. The fourth-order valence-corrected chi connectivity index (χ4v) is 3.66. The van der Waals surface area contributed by atoms with Crippen LogP contribution in [0.2, 0.25) is 0 Å². The van der Waals surface area contributed by atoms with Crippen molar-refractivity contribution in [1.29, 1.82) is 0 Å². The lowest BCUT2D eigenvalue weighted by atomic mass is 10.1. The van der Waals surface area contributed by atoms with Gasteiger partial charge in [0.15, 0.2) is 0 Å². The Bertz CT molecular complexity index is 1200. The second-order valence-corrected chi connectivity index (χ2v) is 7.23. The van der Waals surface area contributed by atoms with Gasteiger partial charge in [-0.3, -0.25) is 4.79 Å². The summed E-state index contributed by atoms with van der Waals surface area (Å²) in [6.45, 7) is 3.99. The van der Waals surface area contributed by atoms with Crippen molar-refractivity contribution in [2.75, 3.05) is 11.1 Å². The molecule has 0 atom stereocenters. The van der Waals surface area contributed by atoms with Gasteiger partial charge in [-0.15, -0.1) is 5.10 Å². The molecule has 0 fully saturated rings. The Morgan fingerprint density at radius 2 is 1.89 bits per heavy atom. The first kappa shape index (κ1) is 18.0. The number of aromatic amines is 2. The lowest BCUT2D eigenvalue weighted by Crippen LogP contribution is -2.14. The number of thioether (sulfide) groups is 1. The highest BCUT2D eigenvalue weighted by atomic mass is 32.2. The molecule has 0 aliphatic rings. The summed E-state index contributed by atoms with van der Waals surface area (Å²) in [5, 5.41) is 15.2. The van der Waals surface area contributed by atoms with Crippen LogP contribution in [-0.4, -0.2) is 41.8 Å². The number of hydrogen-bond donors (Lipinski definition) is 3. The van der Waals surface area contributed by atoms with Crippen LogP contribution in [0.5, 0.6) is 0 Å². The smallest absolute Gasteiger partial charge is 0.323 e. The maximum absolute atomic E-state index is 12.3. The molecule has 0 aliphatic heterocycles. The van der Waals surface area contributed by atoms with Crippen LogP contribution in [0, 0.1) is 13.8 Å². The average Bonchev–Trinajstić information content (AvgIpc) is 3.25. The van der Waals surface area contributed by atoms with E-state index < -0.39 is 0 Å². The zero-order valence-corrected chi connectivity index (χ0v) is 16.0. The highest BCUT2D eigenvalue weighted by Gasteiger charge is 2.15. The monoisotopic (exact) mass is 395 g/mol. The van der Waals surface area contributed by atoms with Gasteiger partial charge in [0, 0.05) is 5.69 Å². The zero-order chi connectivity index (χ0) is 19.7. The number of nitrogens with one attached hydrogen (secondary N) is 3. The van der Waals surface area contributed by atoms with Crippen LogP contribution in [0.15, 0.2) is 46.3 Å². The molecule has 9 nitrogen and oxygen atoms in total. The fourth-order valence-electron chi connectivity index (χ4n) is 2.99. The molecule has 0 bridgehead atoms. The number of aryl methyl sites for hydroxylation is 2. The molecule has 10 heteroatoms. The Morgan fingerprint density at radius 1 is 1.14 bits per heavy atom. The predicted molar refractivity (Wildman–Crippen MR) is 107 cm³/mol. The molecule has 3 N–H and O–H groups in total. The van der Waals surface area contributed by atoms with Gasteiger partial charge in [0.2, 0.25) is 11.1 Å². The third-order valence-corrected chi connectivity index (χ3v) is 5.14. The number of imidazole rings is 1. The molecule has 0 saturated heterocycles. The van der Waals surface area contributed by atoms with Gasteiger partial charge < -0.3 is 15.3 Å². The number of anilines is 1. The molecule has 2 aromatic heterocycles. The molecular formula is C18H17N7O2S. The number of benzene rings is 2. The minimum atomic E-state index is -0.285. The number of carbonyl (C=O) groups is 1. The molecule has 0 saturated carbocycles. The van der Waals surface area contributed by atoms with Gasteiger partial charge in [-0.25, -0.2) is 4.79 Å². The lowest BCUT2D eigenvalue weighted by Gasteiger charge is -2.10. The van der Waals surface area contributed by atoms with Crippen LogP contribution in [-0.2, 0) is 4.79 Å². The summed E-state index contributed by atoms with van der Waals surface area (Å²) in [5.74, 6) is -0.0502. The first-order valence-electron chi connectivity index (χ1n) is 8.51. The van der Waals surface area contributed by atoms with Gasteiger partial charge in [-0.1, -0.05) is 30.0 Å². The Kier molecular flexibility index (Phi) is 4.70. The second-order valence-electron chi connectivity index (χ2n) is 6.29. The van der Waals surface area contributed by atoms with Crippen molar-refractivity contribution in [2.45, 2.75) is 19.0 Å². The number of hydrogen-bond acceptors (Lipinski definition) is 6. The van der Waals surface area contributed by atoms with Gasteiger partial charge in [0.25, 0.3) is 0 Å². The van der Waals surface area contributed by atoms with E-state index >= 15 is 0 Å². The maximum Gasteiger partial charge on any atom is 0.323 e. The van der Waals surface area contributed by atoms with E-state index in [4.69, 9.17) is 0 Å². The number of tetrazole rings is 1. The molecule has 0 unspecified atom stereocenters. The Labute approximate surface area is 163 Å². The van der Waals surface area contributed by atoms with Crippen molar-refractivity contribution >= 4 is 34.4 Å². The number of carbonyl (C=O) groups excluding carboxylic acids is 1. The van der Waals surface area contributed by atoms with Gasteiger partial charge in [0.1, 0.15) is 0 Å². The number of amides is 1. The number of rotatable bonds is 5. The van der Waals surface area contributed by atoms with Gasteiger partial charge in [-0.2, -0.15) is 4.68 Å². The molecule has 142 valence electrons. The van der Waals surface area contributed by atoms with Crippen molar-refractivity contribution in [3.05, 3.63) is 58.0 Å². The van der Waals surface area contributed by atoms with E-state index in [9.17, 15) is 9.59 Å². The number of aromatic nitrogens is 6. The summed E-state index contributed by atoms with van der Waals surface area (Å²) in [4.78, 5) is 29.0. The Balaban J connectivity index is 1.47. The molecule has 4 rings (SSSR count). The minimum absolute atomic E-state index is 0.146. The first-order valence-corrected chi connectivity index (χ1v) is 9.49. The van der Waals surface area contributed by atoms with Crippen LogP contribution in [0.25, 0.3) is 16.7 Å². The molecule has 28 heavy (non-hydrogen) atoms. The van der Waals surface area contributed by atoms with E-state index in [1.54, 1.807) is 22.9 Å². The molecule has 4 aromatic rings. The van der Waals surface area contributed by atoms with Crippen LogP contribution >= 0.6 is 11.8 Å². The normalized spacial score (nSPS) is 11.1. The van der Waals surface area contributed by atoms with Gasteiger partial charge in [-0.05, 0) is 53.6 Å². The van der Waals surface area contributed by atoms with Crippen LogP contribution in [0.1, 0.15) is 11.1 Å². The van der Waals surface area contributed by atoms with Crippen molar-refractivity contribution in [1.82, 2.24) is 30.2 Å². The largest absolute Gasteiger partial charge is 0.325 e. The van der Waals surface area contributed by atoms with Crippen molar-refractivity contribution in [3.8, 4) is 5.69 Å². The minimum Gasteiger partial charge on any atom is -0.325 e. The number of nitrogens with zero attached hydrogens (tertiary/aromatic N) is 4. The van der Waals surface area contributed by atoms with E-state index in [1.165, 1.54) is 11.8 Å². The Morgan fingerprint density at radius 3 is 2.68 bits per heavy atom.